The number of nitrogens with zero attached hydrogens (tertiary/aromatic N) is 1. The first-order valence-electron chi connectivity index (χ1n) is 11.3. The maximum Gasteiger partial charge on any atom is 0.310 e. The highest BCUT2D eigenvalue weighted by Crippen LogP contribution is 2.30. The van der Waals surface area contributed by atoms with Gasteiger partial charge in [0.15, 0.2) is 6.61 Å². The second-order valence-electron chi connectivity index (χ2n) is 8.17. The number of fused-ring (bicyclic) bond motifs is 2. The Kier molecular flexibility index (Phi) is 6.77. The number of hydrogen-bond acceptors (Lipinski definition) is 5. The summed E-state index contributed by atoms with van der Waals surface area (Å²) in [4.78, 5) is 38.6. The van der Waals surface area contributed by atoms with Gasteiger partial charge in [-0.1, -0.05) is 0 Å². The van der Waals surface area contributed by atoms with Crippen LogP contribution in [0.25, 0.3) is 11.0 Å². The molecule has 0 radical (unpaired) electrons. The lowest BCUT2D eigenvalue weighted by Crippen LogP contribution is -2.30. The number of hydrogen-bond donors (Lipinski definition) is 1. The van der Waals surface area contributed by atoms with Crippen LogP contribution in [0.5, 0.6) is 0 Å². The molecule has 0 spiro atoms. The van der Waals surface area contributed by atoms with Gasteiger partial charge >= 0.3 is 5.97 Å². The van der Waals surface area contributed by atoms with Crippen LogP contribution in [-0.4, -0.2) is 42.4 Å². The first-order chi connectivity index (χ1) is 16.0. The van der Waals surface area contributed by atoms with Crippen LogP contribution >= 0.6 is 0 Å². The second-order valence-corrected chi connectivity index (χ2v) is 8.17. The van der Waals surface area contributed by atoms with Gasteiger partial charge in [0.05, 0.1) is 12.7 Å². The zero-order valence-corrected chi connectivity index (χ0v) is 19.0. The molecule has 1 heterocycles. The molecule has 1 aliphatic rings. The van der Waals surface area contributed by atoms with Crippen molar-refractivity contribution in [1.82, 2.24) is 4.90 Å². The van der Waals surface area contributed by atoms with Crippen molar-refractivity contribution in [2.24, 2.45) is 0 Å². The standard InChI is InChI=1S/C26H28N2O5/c1-3-28(4-2)26(31)17-8-10-21(11-9-17)27-24(29)16-33-25(30)14-20-15-32-23-13-19-7-5-6-18(19)12-22(20)23/h8-13,15H,3-7,14,16H2,1-2H3,(H,27,29). The number of nitrogens with one attached hydrogen (secondary N) is 1. The maximum absolute atomic E-state index is 12.4. The van der Waals surface area contributed by atoms with Crippen LogP contribution in [0.2, 0.25) is 0 Å². The molecule has 33 heavy (non-hydrogen) atoms. The zero-order valence-electron chi connectivity index (χ0n) is 19.0. The quantitative estimate of drug-likeness (QED) is 0.524. The molecule has 172 valence electrons. The molecular formula is C26H28N2O5. The van der Waals surface area contributed by atoms with Gasteiger partial charge in [0.1, 0.15) is 5.58 Å². The summed E-state index contributed by atoms with van der Waals surface area (Å²) in [6, 6.07) is 10.8. The van der Waals surface area contributed by atoms with Crippen LogP contribution < -0.4 is 5.32 Å². The summed E-state index contributed by atoms with van der Waals surface area (Å²) in [6.45, 7) is 4.74. The number of carbonyl (C=O) groups excluding carboxylic acids is 3. The number of aryl methyl sites for hydroxylation is 2. The van der Waals surface area contributed by atoms with Gasteiger partial charge < -0.3 is 19.4 Å². The fraction of sp³-hybridized carbons (Fsp3) is 0.346. The van der Waals surface area contributed by atoms with Crippen LogP contribution in [0.4, 0.5) is 5.69 Å². The molecule has 0 unspecified atom stereocenters. The first kappa shape index (κ1) is 22.6. The van der Waals surface area contributed by atoms with Crippen LogP contribution in [0.3, 0.4) is 0 Å². The van der Waals surface area contributed by atoms with E-state index in [0.29, 0.717) is 24.3 Å². The first-order valence-corrected chi connectivity index (χ1v) is 11.3. The molecule has 0 bridgehead atoms. The summed E-state index contributed by atoms with van der Waals surface area (Å²) < 4.78 is 10.8. The summed E-state index contributed by atoms with van der Waals surface area (Å²) in [7, 11) is 0. The lowest BCUT2D eigenvalue weighted by atomic mass is 10.0. The number of anilines is 1. The molecule has 7 nitrogen and oxygen atoms in total. The molecule has 1 N–H and O–H groups in total. The van der Waals surface area contributed by atoms with Gasteiger partial charge in [0.25, 0.3) is 11.8 Å². The van der Waals surface area contributed by atoms with Crippen molar-refractivity contribution in [2.45, 2.75) is 39.5 Å². The topological polar surface area (TPSA) is 88.9 Å². The molecule has 1 aliphatic carbocycles. The van der Waals surface area contributed by atoms with Crippen molar-refractivity contribution >= 4 is 34.4 Å². The molecule has 2 aromatic carbocycles. The zero-order chi connectivity index (χ0) is 23.4. The molecule has 0 saturated carbocycles. The monoisotopic (exact) mass is 448 g/mol. The average molecular weight is 449 g/mol. The molecule has 0 saturated heterocycles. The summed E-state index contributed by atoms with van der Waals surface area (Å²) >= 11 is 0. The third-order valence-corrected chi connectivity index (χ3v) is 6.03. The lowest BCUT2D eigenvalue weighted by molar-refractivity contribution is -0.146. The molecule has 4 rings (SSSR count). The van der Waals surface area contributed by atoms with E-state index >= 15 is 0 Å². The Morgan fingerprint density at radius 2 is 1.73 bits per heavy atom. The highest BCUT2D eigenvalue weighted by atomic mass is 16.5. The third kappa shape index (κ3) is 5.08. The van der Waals surface area contributed by atoms with Crippen LogP contribution in [0.1, 0.15) is 47.3 Å². The van der Waals surface area contributed by atoms with E-state index in [-0.39, 0.29) is 18.9 Å². The Hall–Kier alpha value is -3.61. The molecular weight excluding hydrogens is 420 g/mol. The van der Waals surface area contributed by atoms with Gasteiger partial charge in [0, 0.05) is 35.3 Å². The van der Waals surface area contributed by atoms with E-state index in [2.05, 4.69) is 17.4 Å². The average Bonchev–Trinajstić information content (AvgIpc) is 3.44. The van der Waals surface area contributed by atoms with E-state index in [1.807, 2.05) is 13.8 Å². The van der Waals surface area contributed by atoms with E-state index in [9.17, 15) is 14.4 Å². The van der Waals surface area contributed by atoms with E-state index in [0.717, 1.165) is 35.8 Å². The Morgan fingerprint density at radius 1 is 1.03 bits per heavy atom. The number of furan rings is 1. The van der Waals surface area contributed by atoms with Crippen LogP contribution in [0, 0.1) is 0 Å². The highest BCUT2D eigenvalue weighted by Gasteiger charge is 2.18. The van der Waals surface area contributed by atoms with Gasteiger partial charge in [-0.05, 0) is 80.6 Å². The van der Waals surface area contributed by atoms with E-state index in [1.54, 1.807) is 35.4 Å². The minimum absolute atomic E-state index is 0.0429. The summed E-state index contributed by atoms with van der Waals surface area (Å²) in [5.41, 5.74) is 5.25. The van der Waals surface area contributed by atoms with Gasteiger partial charge in [-0.2, -0.15) is 0 Å². The minimum atomic E-state index is -0.492. The van der Waals surface area contributed by atoms with Gasteiger partial charge in [-0.3, -0.25) is 14.4 Å². The van der Waals surface area contributed by atoms with Crippen molar-refractivity contribution in [3.05, 3.63) is 64.9 Å². The number of rotatable bonds is 8. The van der Waals surface area contributed by atoms with Crippen molar-refractivity contribution in [3.63, 3.8) is 0 Å². The molecule has 7 heteroatoms. The smallest absolute Gasteiger partial charge is 0.310 e. The summed E-state index contributed by atoms with van der Waals surface area (Å²) in [5, 5.41) is 3.60. The number of ether oxygens (including phenoxy) is 1. The maximum atomic E-state index is 12.4. The normalized spacial score (nSPS) is 12.4. The molecule has 0 atom stereocenters. The van der Waals surface area contributed by atoms with E-state index in [4.69, 9.17) is 9.15 Å². The fourth-order valence-electron chi connectivity index (χ4n) is 4.22. The second kappa shape index (κ2) is 9.90. The molecule has 0 fully saturated rings. The number of amides is 2. The van der Waals surface area contributed by atoms with Crippen LogP contribution in [-0.2, 0) is 33.6 Å². The Bertz CT molecular complexity index is 1180. The Morgan fingerprint density at radius 3 is 2.42 bits per heavy atom. The lowest BCUT2D eigenvalue weighted by Gasteiger charge is -2.18. The highest BCUT2D eigenvalue weighted by molar-refractivity contribution is 5.96. The summed E-state index contributed by atoms with van der Waals surface area (Å²) in [5.74, 6) is -0.988. The van der Waals surface area contributed by atoms with Gasteiger partial charge in [0.2, 0.25) is 0 Å². The minimum Gasteiger partial charge on any atom is -0.464 e. The van der Waals surface area contributed by atoms with Gasteiger partial charge in [-0.25, -0.2) is 0 Å². The molecule has 2 amide bonds. The van der Waals surface area contributed by atoms with Crippen molar-refractivity contribution in [2.75, 3.05) is 25.0 Å². The van der Waals surface area contributed by atoms with Gasteiger partial charge in [-0.15, -0.1) is 0 Å². The van der Waals surface area contributed by atoms with Crippen molar-refractivity contribution < 1.29 is 23.5 Å². The van der Waals surface area contributed by atoms with E-state index < -0.39 is 11.9 Å². The largest absolute Gasteiger partial charge is 0.464 e. The summed E-state index contributed by atoms with van der Waals surface area (Å²) in [6.07, 6.45) is 4.88. The fourth-order valence-corrected chi connectivity index (χ4v) is 4.22. The van der Waals surface area contributed by atoms with Crippen LogP contribution in [0.15, 0.2) is 47.1 Å². The Labute approximate surface area is 192 Å². The third-order valence-electron chi connectivity index (χ3n) is 6.03. The molecule has 1 aromatic heterocycles. The SMILES string of the molecule is CCN(CC)C(=O)c1ccc(NC(=O)COC(=O)Cc2coc3cc4c(cc23)CCC4)cc1. The van der Waals surface area contributed by atoms with E-state index in [1.165, 1.54) is 11.1 Å². The predicted octanol–water partition coefficient (Wildman–Crippen LogP) is 4.13. The van der Waals surface area contributed by atoms with Crippen molar-refractivity contribution in [1.29, 1.82) is 0 Å². The number of esters is 1. The van der Waals surface area contributed by atoms with Crippen molar-refractivity contribution in [3.8, 4) is 0 Å². The molecule has 3 aromatic rings. The number of benzene rings is 2. The predicted molar refractivity (Wildman–Crippen MR) is 125 cm³/mol. The number of carbonyl (C=O) groups is 3. The molecule has 0 aliphatic heterocycles. The Balaban J connectivity index is 1.29.